The highest BCUT2D eigenvalue weighted by atomic mass is 19.2. The van der Waals surface area contributed by atoms with Crippen molar-refractivity contribution in [1.29, 1.82) is 5.26 Å². The van der Waals surface area contributed by atoms with Crippen LogP contribution in [0.5, 0.6) is 0 Å². The van der Waals surface area contributed by atoms with Crippen molar-refractivity contribution in [1.82, 2.24) is 4.98 Å². The van der Waals surface area contributed by atoms with Crippen molar-refractivity contribution in [3.63, 3.8) is 0 Å². The molecule has 0 bridgehead atoms. The lowest BCUT2D eigenvalue weighted by Gasteiger charge is -2.13. The predicted octanol–water partition coefficient (Wildman–Crippen LogP) is 3.29. The number of aromatic nitrogens is 1. The first-order valence-corrected chi connectivity index (χ1v) is 6.96. The summed E-state index contributed by atoms with van der Waals surface area (Å²) in [5, 5.41) is 22.3. The maximum absolute atomic E-state index is 13.4. The number of hydrogen-bond donors (Lipinski definition) is 3. The normalized spacial score (nSPS) is 12.1. The number of aromatic amines is 1. The number of halogens is 2. The van der Waals surface area contributed by atoms with Crippen LogP contribution in [-0.4, -0.2) is 16.3 Å². The molecule has 4 nitrogen and oxygen atoms in total. The molecule has 3 rings (SSSR count). The number of aliphatic hydroxyl groups excluding tert-OH is 1. The third-order valence-corrected chi connectivity index (χ3v) is 3.53. The summed E-state index contributed by atoms with van der Waals surface area (Å²) in [6.07, 6.45) is 0.876. The van der Waals surface area contributed by atoms with Crippen molar-refractivity contribution in [2.75, 3.05) is 5.32 Å². The second-order valence-electron chi connectivity index (χ2n) is 5.19. The highest BCUT2D eigenvalue weighted by molar-refractivity contribution is 5.92. The Morgan fingerprint density at radius 3 is 2.78 bits per heavy atom. The number of anilines is 1. The van der Waals surface area contributed by atoms with Crippen LogP contribution in [-0.2, 0) is 6.42 Å². The zero-order valence-electron chi connectivity index (χ0n) is 12.0. The topological polar surface area (TPSA) is 71.8 Å². The molecule has 0 aliphatic heterocycles. The van der Waals surface area contributed by atoms with Crippen molar-refractivity contribution in [2.24, 2.45) is 0 Å². The summed E-state index contributed by atoms with van der Waals surface area (Å²) in [4.78, 5) is 2.82. The summed E-state index contributed by atoms with van der Waals surface area (Å²) < 4.78 is 26.6. The van der Waals surface area contributed by atoms with Crippen LogP contribution in [0.3, 0.4) is 0 Å². The molecule has 0 fully saturated rings. The molecule has 23 heavy (non-hydrogen) atoms. The average Bonchev–Trinajstić information content (AvgIpc) is 2.90. The third kappa shape index (κ3) is 3.15. The van der Waals surface area contributed by atoms with Crippen LogP contribution in [0.2, 0.25) is 0 Å². The first kappa shape index (κ1) is 15.0. The molecule has 0 radical (unpaired) electrons. The Kier molecular flexibility index (Phi) is 3.96. The first-order valence-electron chi connectivity index (χ1n) is 6.96. The van der Waals surface area contributed by atoms with Gasteiger partial charge in [0, 0.05) is 24.1 Å². The molecule has 1 heterocycles. The summed E-state index contributed by atoms with van der Waals surface area (Å²) >= 11 is 0. The molecule has 0 saturated heterocycles. The lowest BCUT2D eigenvalue weighted by atomic mass is 10.1. The molecule has 0 aliphatic carbocycles. The summed E-state index contributed by atoms with van der Waals surface area (Å²) in [5.74, 6) is -1.88. The second kappa shape index (κ2) is 6.07. The quantitative estimate of drug-likeness (QED) is 0.647. The highest BCUT2D eigenvalue weighted by Gasteiger charge is 2.12. The van der Waals surface area contributed by atoms with Gasteiger partial charge in [0.25, 0.3) is 0 Å². The van der Waals surface area contributed by atoms with Crippen LogP contribution >= 0.6 is 0 Å². The summed E-state index contributed by atoms with van der Waals surface area (Å²) in [6.45, 7) is 0. The zero-order valence-corrected chi connectivity index (χ0v) is 12.0. The SMILES string of the molecule is N#Cc1cccc(CC(O)Nc2c[nH]c3cc(F)c(F)cc23)c1. The second-order valence-corrected chi connectivity index (χ2v) is 5.19. The predicted molar refractivity (Wildman–Crippen MR) is 82.7 cm³/mol. The minimum absolute atomic E-state index is 0.270. The number of nitrogens with one attached hydrogen (secondary N) is 2. The van der Waals surface area contributed by atoms with Crippen molar-refractivity contribution >= 4 is 16.6 Å². The fraction of sp³-hybridized carbons (Fsp3) is 0.118. The van der Waals surface area contributed by atoms with E-state index in [9.17, 15) is 13.9 Å². The monoisotopic (exact) mass is 313 g/mol. The van der Waals surface area contributed by atoms with E-state index in [2.05, 4.69) is 10.3 Å². The van der Waals surface area contributed by atoms with E-state index in [1.165, 1.54) is 0 Å². The van der Waals surface area contributed by atoms with Crippen molar-refractivity contribution in [3.05, 3.63) is 65.4 Å². The molecule has 3 aromatic rings. The number of H-pyrrole nitrogens is 1. The molecule has 1 unspecified atom stereocenters. The minimum Gasteiger partial charge on any atom is -0.373 e. The molecule has 0 saturated carbocycles. The summed E-state index contributed by atoms with van der Waals surface area (Å²) in [6, 6.07) is 11.1. The van der Waals surface area contributed by atoms with E-state index in [0.717, 1.165) is 17.7 Å². The average molecular weight is 313 g/mol. The van der Waals surface area contributed by atoms with Crippen LogP contribution in [0.15, 0.2) is 42.6 Å². The lowest BCUT2D eigenvalue weighted by Crippen LogP contribution is -2.21. The van der Waals surface area contributed by atoms with Gasteiger partial charge in [0.05, 0.1) is 22.8 Å². The molecule has 0 amide bonds. The van der Waals surface area contributed by atoms with Crippen LogP contribution in [0, 0.1) is 23.0 Å². The summed E-state index contributed by atoms with van der Waals surface area (Å²) in [5.41, 5.74) is 2.22. The van der Waals surface area contributed by atoms with Crippen LogP contribution in [0.1, 0.15) is 11.1 Å². The van der Waals surface area contributed by atoms with Gasteiger partial charge in [-0.25, -0.2) is 8.78 Å². The van der Waals surface area contributed by atoms with Gasteiger partial charge < -0.3 is 15.4 Å². The standard InChI is InChI=1S/C17H13F2N3O/c18-13-6-12-15(7-14(13)19)21-9-16(12)22-17(23)5-10-2-1-3-11(4-10)8-20/h1-4,6-7,9,17,21-23H,5H2. The van der Waals surface area contributed by atoms with Crippen molar-refractivity contribution < 1.29 is 13.9 Å². The van der Waals surface area contributed by atoms with E-state index < -0.39 is 17.9 Å². The number of rotatable bonds is 4. The van der Waals surface area contributed by atoms with E-state index in [-0.39, 0.29) is 6.42 Å². The van der Waals surface area contributed by atoms with Gasteiger partial charge in [0.1, 0.15) is 6.23 Å². The highest BCUT2D eigenvalue weighted by Crippen LogP contribution is 2.26. The van der Waals surface area contributed by atoms with Gasteiger partial charge >= 0.3 is 0 Å². The number of aliphatic hydroxyl groups is 1. The zero-order chi connectivity index (χ0) is 16.4. The Hall–Kier alpha value is -2.91. The van der Waals surface area contributed by atoms with Gasteiger partial charge in [-0.15, -0.1) is 0 Å². The maximum Gasteiger partial charge on any atom is 0.160 e. The number of fused-ring (bicyclic) bond motifs is 1. The Balaban J connectivity index is 1.79. The molecule has 6 heteroatoms. The molecule has 0 spiro atoms. The van der Waals surface area contributed by atoms with E-state index in [0.29, 0.717) is 22.2 Å². The van der Waals surface area contributed by atoms with E-state index in [1.54, 1.807) is 30.5 Å². The largest absolute Gasteiger partial charge is 0.373 e. The Morgan fingerprint density at radius 1 is 1.22 bits per heavy atom. The Bertz CT molecular complexity index is 898. The number of nitriles is 1. The number of benzene rings is 2. The molecule has 3 N–H and O–H groups in total. The van der Waals surface area contributed by atoms with Gasteiger partial charge in [-0.1, -0.05) is 12.1 Å². The van der Waals surface area contributed by atoms with Gasteiger partial charge in [0.15, 0.2) is 11.6 Å². The summed E-state index contributed by atoms with van der Waals surface area (Å²) in [7, 11) is 0. The molecular weight excluding hydrogens is 300 g/mol. The van der Waals surface area contributed by atoms with E-state index in [1.807, 2.05) is 6.07 Å². The van der Waals surface area contributed by atoms with Crippen LogP contribution < -0.4 is 5.32 Å². The van der Waals surface area contributed by atoms with E-state index >= 15 is 0 Å². The first-order chi connectivity index (χ1) is 11.1. The molecular formula is C17H13F2N3O. The molecule has 1 atom stereocenters. The fourth-order valence-corrected chi connectivity index (χ4v) is 2.46. The Morgan fingerprint density at radius 2 is 2.00 bits per heavy atom. The van der Waals surface area contributed by atoms with Crippen molar-refractivity contribution in [3.8, 4) is 6.07 Å². The molecule has 1 aromatic heterocycles. The molecule has 2 aromatic carbocycles. The lowest BCUT2D eigenvalue weighted by molar-refractivity contribution is 0.204. The van der Waals surface area contributed by atoms with Gasteiger partial charge in [0.2, 0.25) is 0 Å². The maximum atomic E-state index is 13.4. The van der Waals surface area contributed by atoms with Crippen LogP contribution in [0.25, 0.3) is 10.9 Å². The smallest absolute Gasteiger partial charge is 0.160 e. The van der Waals surface area contributed by atoms with E-state index in [4.69, 9.17) is 5.26 Å². The van der Waals surface area contributed by atoms with Gasteiger partial charge in [-0.05, 0) is 23.8 Å². The molecule has 0 aliphatic rings. The van der Waals surface area contributed by atoms with Gasteiger partial charge in [-0.2, -0.15) is 5.26 Å². The fourth-order valence-electron chi connectivity index (χ4n) is 2.46. The Labute approximate surface area is 131 Å². The molecule has 116 valence electrons. The number of hydrogen-bond acceptors (Lipinski definition) is 3. The third-order valence-electron chi connectivity index (χ3n) is 3.53. The number of nitrogens with zero attached hydrogens (tertiary/aromatic N) is 1. The van der Waals surface area contributed by atoms with Crippen LogP contribution in [0.4, 0.5) is 14.5 Å². The minimum atomic E-state index is -0.948. The van der Waals surface area contributed by atoms with Gasteiger partial charge in [-0.3, -0.25) is 0 Å². The van der Waals surface area contributed by atoms with Crippen molar-refractivity contribution in [2.45, 2.75) is 12.6 Å².